The predicted molar refractivity (Wildman–Crippen MR) is 116 cm³/mol. The summed E-state index contributed by atoms with van der Waals surface area (Å²) in [4.78, 5) is 10.8. The number of halogens is 2. The van der Waals surface area contributed by atoms with Gasteiger partial charge in [-0.15, -0.1) is 0 Å². The van der Waals surface area contributed by atoms with Crippen molar-refractivity contribution in [1.29, 1.82) is 0 Å². The van der Waals surface area contributed by atoms with Gasteiger partial charge < -0.3 is 15.0 Å². The second-order valence-corrected chi connectivity index (χ2v) is 7.73. The number of aromatic nitrogens is 2. The molecule has 0 unspecified atom stereocenters. The Balaban J connectivity index is 0.000000172. The van der Waals surface area contributed by atoms with E-state index in [-0.39, 0.29) is 5.75 Å². The highest BCUT2D eigenvalue weighted by atomic mass is 19.1. The summed E-state index contributed by atoms with van der Waals surface area (Å²) in [6, 6.07) is 2.64. The fourth-order valence-electron chi connectivity index (χ4n) is 3.32. The molecule has 2 aliphatic rings. The van der Waals surface area contributed by atoms with Crippen LogP contribution >= 0.6 is 0 Å². The first-order valence-corrected chi connectivity index (χ1v) is 10.5. The van der Waals surface area contributed by atoms with E-state index in [0.717, 1.165) is 49.9 Å². The molecule has 1 fully saturated rings. The van der Waals surface area contributed by atoms with Gasteiger partial charge in [0.1, 0.15) is 0 Å². The first kappa shape index (κ1) is 22.2. The average molecular weight is 417 g/mol. The van der Waals surface area contributed by atoms with Crippen molar-refractivity contribution in [2.75, 3.05) is 38.7 Å². The molecular formula is C23H30F2N4O. The lowest BCUT2D eigenvalue weighted by atomic mass is 10.00. The van der Waals surface area contributed by atoms with E-state index in [4.69, 9.17) is 0 Å². The zero-order valence-electron chi connectivity index (χ0n) is 17.9. The Bertz CT molecular complexity index is 843. The first-order chi connectivity index (χ1) is 14.5. The van der Waals surface area contributed by atoms with Crippen LogP contribution in [-0.2, 0) is 6.42 Å². The molecule has 0 atom stereocenters. The van der Waals surface area contributed by atoms with Crippen molar-refractivity contribution in [3.8, 4) is 5.75 Å². The van der Waals surface area contributed by atoms with Crippen LogP contribution in [-0.4, -0.2) is 43.8 Å². The van der Waals surface area contributed by atoms with Gasteiger partial charge in [0.25, 0.3) is 0 Å². The van der Waals surface area contributed by atoms with E-state index in [0.29, 0.717) is 5.56 Å². The Labute approximate surface area is 177 Å². The molecular weight excluding hydrogens is 386 g/mol. The molecule has 30 heavy (non-hydrogen) atoms. The standard InChI is InChI=1S/C12H13F2NO.C11H17N3/c1-16-12-10(13)6-9(7-11(12)14)8-2-4-15-5-3-8;1-3-9-6-12-11(13-7-9)14(2)8-10-4-5-10/h2,6-7,15H,3-5H2,1H3;6-7,10H,3-5,8H2,1-2H3. The van der Waals surface area contributed by atoms with E-state index in [1.807, 2.05) is 18.5 Å². The van der Waals surface area contributed by atoms with Gasteiger partial charge in [-0.05, 0) is 67.0 Å². The molecule has 4 rings (SSSR count). The fraction of sp³-hybridized carbons (Fsp3) is 0.478. The summed E-state index contributed by atoms with van der Waals surface area (Å²) in [5.74, 6) is 0.107. The van der Waals surface area contributed by atoms with Crippen LogP contribution in [0, 0.1) is 17.6 Å². The maximum atomic E-state index is 13.5. The van der Waals surface area contributed by atoms with Gasteiger partial charge in [0.15, 0.2) is 17.4 Å². The number of methoxy groups -OCH3 is 1. The molecule has 0 bridgehead atoms. The maximum Gasteiger partial charge on any atom is 0.224 e. The van der Waals surface area contributed by atoms with E-state index in [1.54, 1.807) is 0 Å². The Hall–Kier alpha value is -2.54. The summed E-state index contributed by atoms with van der Waals surface area (Å²) in [7, 11) is 3.32. The summed E-state index contributed by atoms with van der Waals surface area (Å²) in [5, 5.41) is 3.15. The number of benzene rings is 1. The monoisotopic (exact) mass is 416 g/mol. The molecule has 1 aromatic heterocycles. The van der Waals surface area contributed by atoms with Crippen LogP contribution in [0.25, 0.3) is 5.57 Å². The zero-order valence-corrected chi connectivity index (χ0v) is 17.9. The molecule has 5 nitrogen and oxygen atoms in total. The molecule has 1 saturated carbocycles. The van der Waals surface area contributed by atoms with E-state index in [2.05, 4.69) is 38.9 Å². The quantitative estimate of drug-likeness (QED) is 0.764. The highest BCUT2D eigenvalue weighted by molar-refractivity contribution is 5.67. The summed E-state index contributed by atoms with van der Waals surface area (Å²) in [6.07, 6.45) is 10.3. The van der Waals surface area contributed by atoms with Crippen LogP contribution in [0.1, 0.15) is 37.3 Å². The van der Waals surface area contributed by atoms with Crippen molar-refractivity contribution in [2.24, 2.45) is 5.92 Å². The lowest BCUT2D eigenvalue weighted by molar-refractivity contribution is 0.359. The van der Waals surface area contributed by atoms with Gasteiger partial charge in [-0.25, -0.2) is 18.7 Å². The fourth-order valence-corrected chi connectivity index (χ4v) is 3.32. The summed E-state index contributed by atoms with van der Waals surface area (Å²) >= 11 is 0. The van der Waals surface area contributed by atoms with Crippen LogP contribution in [0.5, 0.6) is 5.75 Å². The smallest absolute Gasteiger partial charge is 0.224 e. The molecule has 0 amide bonds. The zero-order chi connectivity index (χ0) is 21.5. The van der Waals surface area contributed by atoms with Gasteiger partial charge in [0, 0.05) is 32.5 Å². The van der Waals surface area contributed by atoms with Crippen molar-refractivity contribution >= 4 is 11.5 Å². The molecule has 2 heterocycles. The average Bonchev–Trinajstić information content (AvgIpc) is 3.58. The van der Waals surface area contributed by atoms with Gasteiger partial charge in [-0.1, -0.05) is 13.0 Å². The Morgan fingerprint density at radius 1 is 1.17 bits per heavy atom. The SMILES string of the molecule is CCc1cnc(N(C)CC2CC2)nc1.COc1c(F)cc(C2=CCNCC2)cc1F. The largest absolute Gasteiger partial charge is 0.491 e. The van der Waals surface area contributed by atoms with Crippen molar-refractivity contribution in [3.05, 3.63) is 53.4 Å². The highest BCUT2D eigenvalue weighted by Crippen LogP contribution is 2.30. The summed E-state index contributed by atoms with van der Waals surface area (Å²) in [5.41, 5.74) is 2.77. The lowest BCUT2D eigenvalue weighted by Crippen LogP contribution is -2.22. The number of ether oxygens (including phenoxy) is 1. The van der Waals surface area contributed by atoms with Crippen molar-refractivity contribution in [2.45, 2.75) is 32.6 Å². The first-order valence-electron chi connectivity index (χ1n) is 10.5. The van der Waals surface area contributed by atoms with Gasteiger partial charge >= 0.3 is 0 Å². The lowest BCUT2D eigenvalue weighted by Gasteiger charge is -2.16. The molecule has 162 valence electrons. The van der Waals surface area contributed by atoms with Crippen LogP contribution in [0.4, 0.5) is 14.7 Å². The number of hydrogen-bond acceptors (Lipinski definition) is 5. The third-order valence-electron chi connectivity index (χ3n) is 5.31. The maximum absolute atomic E-state index is 13.5. The number of aryl methyl sites for hydroxylation is 1. The second-order valence-electron chi connectivity index (χ2n) is 7.73. The molecule has 1 aliphatic heterocycles. The Morgan fingerprint density at radius 3 is 2.33 bits per heavy atom. The Kier molecular flexibility index (Phi) is 7.74. The van der Waals surface area contributed by atoms with Gasteiger partial charge in [0.05, 0.1) is 7.11 Å². The topological polar surface area (TPSA) is 50.3 Å². The minimum Gasteiger partial charge on any atom is -0.491 e. The Morgan fingerprint density at radius 2 is 1.83 bits per heavy atom. The molecule has 2 aromatic rings. The van der Waals surface area contributed by atoms with Crippen molar-refractivity contribution in [1.82, 2.24) is 15.3 Å². The second kappa shape index (κ2) is 10.5. The van der Waals surface area contributed by atoms with E-state index in [9.17, 15) is 8.78 Å². The minimum atomic E-state index is -0.656. The van der Waals surface area contributed by atoms with Gasteiger partial charge in [-0.3, -0.25) is 0 Å². The molecule has 7 heteroatoms. The number of nitrogens with zero attached hydrogens (tertiary/aromatic N) is 3. The van der Waals surface area contributed by atoms with E-state index >= 15 is 0 Å². The van der Waals surface area contributed by atoms with Crippen molar-refractivity contribution in [3.63, 3.8) is 0 Å². The van der Waals surface area contributed by atoms with Crippen molar-refractivity contribution < 1.29 is 13.5 Å². The molecule has 0 radical (unpaired) electrons. The van der Waals surface area contributed by atoms with Gasteiger partial charge in [-0.2, -0.15) is 0 Å². The minimum absolute atomic E-state index is 0.321. The molecule has 1 aromatic carbocycles. The molecule has 0 saturated heterocycles. The van der Waals surface area contributed by atoms with Crippen LogP contribution in [0.3, 0.4) is 0 Å². The molecule has 1 aliphatic carbocycles. The number of anilines is 1. The molecule has 1 N–H and O–H groups in total. The summed E-state index contributed by atoms with van der Waals surface area (Å²) < 4.78 is 31.6. The predicted octanol–water partition coefficient (Wildman–Crippen LogP) is 4.24. The number of hydrogen-bond donors (Lipinski definition) is 1. The van der Waals surface area contributed by atoms with Crippen LogP contribution in [0.15, 0.2) is 30.6 Å². The normalized spacial score (nSPS) is 15.7. The number of rotatable bonds is 6. The van der Waals surface area contributed by atoms with Gasteiger partial charge in [0.2, 0.25) is 5.95 Å². The van der Waals surface area contributed by atoms with Crippen LogP contribution < -0.4 is 15.0 Å². The number of nitrogens with one attached hydrogen (secondary N) is 1. The van der Waals surface area contributed by atoms with E-state index in [1.165, 1.54) is 37.6 Å². The third kappa shape index (κ3) is 5.98. The van der Waals surface area contributed by atoms with Crippen LogP contribution in [0.2, 0.25) is 0 Å². The highest BCUT2D eigenvalue weighted by Gasteiger charge is 2.23. The summed E-state index contributed by atoms with van der Waals surface area (Å²) in [6.45, 7) is 4.80. The van der Waals surface area contributed by atoms with E-state index < -0.39 is 11.6 Å². The molecule has 0 spiro atoms. The third-order valence-corrected chi connectivity index (χ3v) is 5.31.